The van der Waals surface area contributed by atoms with Crippen LogP contribution in [0.2, 0.25) is 0 Å². The van der Waals surface area contributed by atoms with Crippen molar-refractivity contribution in [1.29, 1.82) is 0 Å². The van der Waals surface area contributed by atoms with E-state index in [1.807, 2.05) is 44.2 Å². The Hall–Kier alpha value is -4.50. The average Bonchev–Trinajstić information content (AvgIpc) is 3.53. The van der Waals surface area contributed by atoms with Gasteiger partial charge in [0.2, 0.25) is 0 Å². The molecule has 5 fully saturated rings. The van der Waals surface area contributed by atoms with Crippen molar-refractivity contribution in [3.63, 3.8) is 0 Å². The molecule has 0 spiro atoms. The number of aliphatic imine (C=N–C) groups is 1. The minimum Gasteiger partial charge on any atom is -0.476 e. The molecule has 58 heavy (non-hydrogen) atoms. The van der Waals surface area contributed by atoms with Gasteiger partial charge in [0.05, 0.1) is 22.4 Å². The number of para-hydroxylation sites is 1. The lowest BCUT2D eigenvalue weighted by Crippen LogP contribution is -2.53. The number of hydrogen-bond donors (Lipinski definition) is 3. The van der Waals surface area contributed by atoms with Crippen molar-refractivity contribution in [3.05, 3.63) is 65.5 Å². The zero-order valence-electron chi connectivity index (χ0n) is 34.8. The number of aromatic carboxylic acids is 1. The first-order chi connectivity index (χ1) is 27.7. The van der Waals surface area contributed by atoms with Crippen molar-refractivity contribution >= 4 is 61.4 Å². The number of likely N-dealkylation sites (N-methyl/N-ethyl adjacent to an activating group) is 1. The lowest BCUT2D eigenvalue weighted by atomic mass is 9.53. The van der Waals surface area contributed by atoms with Crippen molar-refractivity contribution in [2.24, 2.45) is 33.4 Å². The van der Waals surface area contributed by atoms with Gasteiger partial charge in [-0.2, -0.15) is 0 Å². The van der Waals surface area contributed by atoms with Crippen molar-refractivity contribution in [3.8, 4) is 0 Å². The zero-order chi connectivity index (χ0) is 40.8. The maximum absolute atomic E-state index is 12.7. The standard InChI is InChI=1S/C44H58N10O3S/c1-28-19-37(50-51-39(28)49-41-47-34-9-7-8-10-35(34)58-41)53(6)36-12-11-32(38(48-36)40(55)56)33(23-45)29(2)46-24-31-21-43(4)25-42(3)20-30(31)22-44(26-42,27-43)57-18-17-54-15-13-52(5)14-16-54/h7-12,19,23,30-31H,13-18,20-22,24-27,45H2,1-6H3,(H,55,56)(H,47,49,51). The Balaban J connectivity index is 0.957. The van der Waals surface area contributed by atoms with Crippen LogP contribution in [0.25, 0.3) is 15.8 Å². The maximum atomic E-state index is 12.7. The van der Waals surface area contributed by atoms with E-state index in [9.17, 15) is 9.90 Å². The second kappa shape index (κ2) is 15.9. The Kier molecular flexibility index (Phi) is 11.1. The third-order valence-corrected chi connectivity index (χ3v) is 14.2. The minimum atomic E-state index is -1.15. The van der Waals surface area contributed by atoms with Gasteiger partial charge in [-0.05, 0) is 118 Å². The third-order valence-electron chi connectivity index (χ3n) is 13.2. The van der Waals surface area contributed by atoms with Crippen LogP contribution in [0.4, 0.5) is 22.6 Å². The van der Waals surface area contributed by atoms with E-state index in [2.05, 4.69) is 56.2 Å². The highest BCUT2D eigenvalue weighted by Gasteiger charge is 2.60. The number of aryl methyl sites for hydroxylation is 1. The molecule has 4 N–H and O–H groups in total. The molecule has 5 unspecified atom stereocenters. The van der Waals surface area contributed by atoms with E-state index in [0.29, 0.717) is 52.7 Å². The SMILES string of the molecule is CC(=NCC1CC2(C)CC3(C)CC1CC(OCCN1CCN(C)CC1)(C2)C3)C(=CN)c1ccc(N(C)c2cc(C)c(Nc3nc4ccccc4s3)nn2)nc1C(=O)O. The molecule has 1 aromatic carbocycles. The van der Waals surface area contributed by atoms with E-state index in [4.69, 9.17) is 15.5 Å². The molecule has 4 aliphatic carbocycles. The van der Waals surface area contributed by atoms with Crippen molar-refractivity contribution < 1.29 is 14.6 Å². The summed E-state index contributed by atoms with van der Waals surface area (Å²) in [6.07, 6.45) is 8.39. The molecule has 9 rings (SSSR count). The topological polar surface area (TPSA) is 158 Å². The number of aromatic nitrogens is 4. The lowest BCUT2D eigenvalue weighted by molar-refractivity contribution is -0.166. The highest BCUT2D eigenvalue weighted by Crippen LogP contribution is 2.66. The molecule has 13 nitrogen and oxygen atoms in total. The Labute approximate surface area is 345 Å². The number of allylic oxidation sites excluding steroid dienone is 1. The summed E-state index contributed by atoms with van der Waals surface area (Å²) < 4.78 is 8.09. The van der Waals surface area contributed by atoms with Gasteiger partial charge in [0.1, 0.15) is 5.82 Å². The van der Waals surface area contributed by atoms with Gasteiger partial charge in [-0.25, -0.2) is 14.8 Å². The van der Waals surface area contributed by atoms with Gasteiger partial charge in [-0.15, -0.1) is 10.2 Å². The lowest BCUT2D eigenvalue weighted by Gasteiger charge is -2.56. The van der Waals surface area contributed by atoms with Crippen molar-refractivity contribution in [2.45, 2.75) is 71.8 Å². The molecule has 14 heteroatoms. The number of nitrogens with one attached hydrogen (secondary N) is 1. The highest BCUT2D eigenvalue weighted by molar-refractivity contribution is 7.22. The Morgan fingerprint density at radius 3 is 2.53 bits per heavy atom. The molecule has 1 aliphatic heterocycles. The van der Waals surface area contributed by atoms with Gasteiger partial charge < -0.3 is 30.7 Å². The van der Waals surface area contributed by atoms with Crippen molar-refractivity contribution in [1.82, 2.24) is 30.0 Å². The minimum absolute atomic E-state index is 0.0651. The fourth-order valence-electron chi connectivity index (χ4n) is 11.0. The summed E-state index contributed by atoms with van der Waals surface area (Å²) in [5.41, 5.74) is 10.0. The summed E-state index contributed by atoms with van der Waals surface area (Å²) in [4.78, 5) is 33.8. The van der Waals surface area contributed by atoms with Gasteiger partial charge in [-0.1, -0.05) is 37.3 Å². The summed E-state index contributed by atoms with van der Waals surface area (Å²) in [5, 5.41) is 23.3. The van der Waals surface area contributed by atoms with Crippen LogP contribution in [0.5, 0.6) is 0 Å². The number of hydrogen-bond acceptors (Lipinski definition) is 13. The second-order valence-electron chi connectivity index (χ2n) is 18.2. The summed E-state index contributed by atoms with van der Waals surface area (Å²) >= 11 is 1.55. The average molecular weight is 807 g/mol. The first-order valence-electron chi connectivity index (χ1n) is 20.7. The van der Waals surface area contributed by atoms with Crippen molar-refractivity contribution in [2.75, 3.05) is 70.2 Å². The molecular weight excluding hydrogens is 749 g/mol. The molecule has 5 aliphatic rings. The van der Waals surface area contributed by atoms with E-state index < -0.39 is 5.97 Å². The van der Waals surface area contributed by atoms with Crippen LogP contribution in [0.1, 0.15) is 80.9 Å². The quantitative estimate of drug-likeness (QED) is 0.115. The Morgan fingerprint density at radius 1 is 1.05 bits per heavy atom. The number of rotatable bonds is 13. The number of ether oxygens (including phenoxy) is 1. The third kappa shape index (κ3) is 8.34. The van der Waals surface area contributed by atoms with E-state index in [0.717, 1.165) is 85.9 Å². The summed E-state index contributed by atoms with van der Waals surface area (Å²) in [5.74, 6) is 1.33. The highest BCUT2D eigenvalue weighted by atomic mass is 32.1. The van der Waals surface area contributed by atoms with Crippen LogP contribution in [-0.4, -0.2) is 112 Å². The van der Waals surface area contributed by atoms with E-state index in [1.165, 1.54) is 19.0 Å². The molecule has 0 amide bonds. The predicted octanol–water partition coefficient (Wildman–Crippen LogP) is 7.39. The number of nitrogens with zero attached hydrogens (tertiary/aromatic N) is 8. The van der Waals surface area contributed by atoms with Gasteiger partial charge in [0.25, 0.3) is 0 Å². The van der Waals surface area contributed by atoms with E-state index in [-0.39, 0.29) is 22.1 Å². The van der Waals surface area contributed by atoms with Crippen LogP contribution in [-0.2, 0) is 4.74 Å². The first-order valence-corrected chi connectivity index (χ1v) is 21.5. The number of carboxylic acids is 1. The summed E-state index contributed by atoms with van der Waals surface area (Å²) in [6.45, 7) is 15.8. The molecule has 4 saturated carbocycles. The second-order valence-corrected chi connectivity index (χ2v) is 19.3. The normalized spacial score (nSPS) is 27.9. The number of pyridine rings is 1. The van der Waals surface area contributed by atoms with E-state index in [1.54, 1.807) is 35.4 Å². The monoisotopic (exact) mass is 806 g/mol. The molecule has 1 saturated heterocycles. The molecule has 4 heterocycles. The number of carboxylic acid groups (broad SMARTS) is 1. The van der Waals surface area contributed by atoms with Gasteiger partial charge >= 0.3 is 5.97 Å². The van der Waals surface area contributed by atoms with Gasteiger partial charge in [-0.3, -0.25) is 9.89 Å². The number of nitrogens with two attached hydrogens (primary N) is 1. The van der Waals surface area contributed by atoms with E-state index >= 15 is 0 Å². The van der Waals surface area contributed by atoms with Crippen LogP contribution in [0.3, 0.4) is 0 Å². The smallest absolute Gasteiger partial charge is 0.355 e. The Bertz CT molecular complexity index is 2200. The molecule has 4 bridgehead atoms. The predicted molar refractivity (Wildman–Crippen MR) is 233 cm³/mol. The number of carbonyl (C=O) groups is 1. The molecule has 5 atom stereocenters. The largest absolute Gasteiger partial charge is 0.476 e. The summed E-state index contributed by atoms with van der Waals surface area (Å²) in [6, 6.07) is 13.4. The van der Waals surface area contributed by atoms with Crippen LogP contribution >= 0.6 is 11.3 Å². The fraction of sp³-hybridized carbons (Fsp3) is 0.545. The van der Waals surface area contributed by atoms with Crippen LogP contribution in [0.15, 0.2) is 53.7 Å². The molecule has 3 aromatic heterocycles. The van der Waals surface area contributed by atoms with Crippen LogP contribution < -0.4 is 16.0 Å². The van der Waals surface area contributed by atoms with Gasteiger partial charge in [0, 0.05) is 69.4 Å². The molecule has 4 aromatic rings. The summed E-state index contributed by atoms with van der Waals surface area (Å²) in [7, 11) is 3.99. The van der Waals surface area contributed by atoms with Crippen LogP contribution in [0, 0.1) is 29.6 Å². The number of anilines is 4. The fourth-order valence-corrected chi connectivity index (χ4v) is 11.9. The number of thiazole rings is 1. The number of fused-ring (bicyclic) bond motifs is 2. The Morgan fingerprint density at radius 2 is 1.81 bits per heavy atom. The first kappa shape index (κ1) is 40.3. The van der Waals surface area contributed by atoms with Gasteiger partial charge in [0.15, 0.2) is 22.5 Å². The molecular formula is C44H58N10O3S. The zero-order valence-corrected chi connectivity index (χ0v) is 35.6. The molecule has 0 radical (unpaired) electrons. The maximum Gasteiger partial charge on any atom is 0.355 e. The number of benzene rings is 1. The molecule has 308 valence electrons. The number of piperazine rings is 1.